The fraction of sp³-hybridized carbons (Fsp3) is 0.105. The van der Waals surface area contributed by atoms with Crippen LogP contribution in [0.15, 0.2) is 42.5 Å². The molecule has 0 N–H and O–H groups in total. The maximum Gasteiger partial charge on any atom is 0.144 e. The second kappa shape index (κ2) is 5.77. The standard InChI is InChI=1S/C19H12F3N/c1-2-11-3-5-14-12(7-11)4-6-15(19(14)22)13-8-17(20)16(10-23)18(21)9-13/h3-9H,2H2,1H3. The van der Waals surface area contributed by atoms with Gasteiger partial charge in [0.2, 0.25) is 0 Å². The van der Waals surface area contributed by atoms with Gasteiger partial charge in [-0.3, -0.25) is 0 Å². The zero-order valence-electron chi connectivity index (χ0n) is 12.3. The van der Waals surface area contributed by atoms with Crippen LogP contribution >= 0.6 is 0 Å². The largest absolute Gasteiger partial charge is 0.206 e. The van der Waals surface area contributed by atoms with E-state index in [4.69, 9.17) is 5.26 Å². The monoisotopic (exact) mass is 311 g/mol. The van der Waals surface area contributed by atoms with Crippen LogP contribution in [0.25, 0.3) is 21.9 Å². The van der Waals surface area contributed by atoms with Gasteiger partial charge in [0.25, 0.3) is 0 Å². The van der Waals surface area contributed by atoms with Crippen LogP contribution in [0, 0.1) is 28.8 Å². The molecule has 0 bridgehead atoms. The van der Waals surface area contributed by atoms with Gasteiger partial charge in [-0.25, -0.2) is 13.2 Å². The smallest absolute Gasteiger partial charge is 0.144 e. The van der Waals surface area contributed by atoms with Crippen LogP contribution in [-0.4, -0.2) is 0 Å². The molecule has 0 radical (unpaired) electrons. The first-order valence-corrected chi connectivity index (χ1v) is 7.15. The zero-order chi connectivity index (χ0) is 16.6. The van der Waals surface area contributed by atoms with Crippen molar-refractivity contribution in [2.24, 2.45) is 0 Å². The summed E-state index contributed by atoms with van der Waals surface area (Å²) in [5, 5.41) is 9.83. The molecule has 4 heteroatoms. The first kappa shape index (κ1) is 15.1. The molecular formula is C19H12F3N. The third-order valence-electron chi connectivity index (χ3n) is 3.89. The molecule has 0 saturated heterocycles. The van der Waals surface area contributed by atoms with Gasteiger partial charge in [0, 0.05) is 10.9 Å². The van der Waals surface area contributed by atoms with Gasteiger partial charge in [0.1, 0.15) is 29.1 Å². The van der Waals surface area contributed by atoms with Gasteiger partial charge in [-0.05, 0) is 35.1 Å². The lowest BCUT2D eigenvalue weighted by Crippen LogP contribution is -1.94. The normalized spacial score (nSPS) is 10.7. The van der Waals surface area contributed by atoms with Crippen molar-refractivity contribution in [2.75, 3.05) is 0 Å². The van der Waals surface area contributed by atoms with Crippen LogP contribution in [0.5, 0.6) is 0 Å². The number of halogens is 3. The van der Waals surface area contributed by atoms with Crippen LogP contribution in [0.3, 0.4) is 0 Å². The molecule has 0 spiro atoms. The van der Waals surface area contributed by atoms with E-state index in [1.807, 2.05) is 19.1 Å². The van der Waals surface area contributed by atoms with E-state index in [0.717, 1.165) is 29.5 Å². The molecule has 0 aliphatic rings. The van der Waals surface area contributed by atoms with Crippen molar-refractivity contribution < 1.29 is 13.2 Å². The molecule has 0 fully saturated rings. The van der Waals surface area contributed by atoms with Gasteiger partial charge >= 0.3 is 0 Å². The predicted molar refractivity (Wildman–Crippen MR) is 83.4 cm³/mol. The Morgan fingerprint density at radius 1 is 0.957 bits per heavy atom. The van der Waals surface area contributed by atoms with Gasteiger partial charge in [-0.1, -0.05) is 37.3 Å². The van der Waals surface area contributed by atoms with Gasteiger partial charge in [0.05, 0.1) is 0 Å². The highest BCUT2D eigenvalue weighted by Crippen LogP contribution is 2.31. The molecule has 0 unspecified atom stereocenters. The van der Waals surface area contributed by atoms with Crippen LogP contribution in [0.4, 0.5) is 13.2 Å². The van der Waals surface area contributed by atoms with E-state index in [1.165, 1.54) is 12.1 Å². The molecule has 0 saturated carbocycles. The summed E-state index contributed by atoms with van der Waals surface area (Å²) in [5.41, 5.74) is 0.588. The summed E-state index contributed by atoms with van der Waals surface area (Å²) in [5.74, 6) is -2.53. The predicted octanol–water partition coefficient (Wildman–Crippen LogP) is 5.36. The van der Waals surface area contributed by atoms with Crippen molar-refractivity contribution in [3.63, 3.8) is 0 Å². The molecule has 1 nitrogen and oxygen atoms in total. The number of nitrogens with zero attached hydrogens (tertiary/aromatic N) is 1. The molecule has 0 atom stereocenters. The van der Waals surface area contributed by atoms with E-state index >= 15 is 0 Å². The molecule has 0 aliphatic carbocycles. The Balaban J connectivity index is 2.22. The van der Waals surface area contributed by atoms with Crippen molar-refractivity contribution in [1.29, 1.82) is 5.26 Å². The molecule has 0 aliphatic heterocycles. The van der Waals surface area contributed by atoms with E-state index in [2.05, 4.69) is 0 Å². The average Bonchev–Trinajstić information content (AvgIpc) is 2.54. The Hall–Kier alpha value is -2.80. The molecule has 0 aromatic heterocycles. The highest BCUT2D eigenvalue weighted by molar-refractivity contribution is 5.88. The average molecular weight is 311 g/mol. The molecule has 23 heavy (non-hydrogen) atoms. The lowest BCUT2D eigenvalue weighted by Gasteiger charge is -2.09. The van der Waals surface area contributed by atoms with Crippen molar-refractivity contribution in [3.8, 4) is 17.2 Å². The molecule has 0 heterocycles. The minimum Gasteiger partial charge on any atom is -0.206 e. The number of aryl methyl sites for hydroxylation is 1. The van der Waals surface area contributed by atoms with Crippen molar-refractivity contribution in [1.82, 2.24) is 0 Å². The Labute approximate surface area is 131 Å². The molecule has 3 aromatic rings. The summed E-state index contributed by atoms with van der Waals surface area (Å²) < 4.78 is 42.2. The Morgan fingerprint density at radius 2 is 1.65 bits per heavy atom. The Kier molecular flexibility index (Phi) is 3.79. The molecule has 3 aromatic carbocycles. The quantitative estimate of drug-likeness (QED) is 0.625. The molecule has 3 rings (SSSR count). The summed E-state index contributed by atoms with van der Waals surface area (Å²) in [4.78, 5) is 0. The van der Waals surface area contributed by atoms with E-state index < -0.39 is 23.0 Å². The summed E-state index contributed by atoms with van der Waals surface area (Å²) in [6, 6.07) is 12.0. The lowest BCUT2D eigenvalue weighted by atomic mass is 9.97. The lowest BCUT2D eigenvalue weighted by molar-refractivity contribution is 0.577. The fourth-order valence-corrected chi connectivity index (χ4v) is 2.62. The van der Waals surface area contributed by atoms with Crippen LogP contribution in [0.2, 0.25) is 0 Å². The molecule has 0 amide bonds. The van der Waals surface area contributed by atoms with Gasteiger partial charge < -0.3 is 0 Å². The summed E-state index contributed by atoms with van der Waals surface area (Å²) in [7, 11) is 0. The van der Waals surface area contributed by atoms with Gasteiger partial charge in [-0.2, -0.15) is 5.26 Å². The van der Waals surface area contributed by atoms with Crippen LogP contribution in [0.1, 0.15) is 18.1 Å². The summed E-state index contributed by atoms with van der Waals surface area (Å²) in [6.07, 6.45) is 0.839. The third-order valence-corrected chi connectivity index (χ3v) is 3.89. The first-order valence-electron chi connectivity index (χ1n) is 7.15. The van der Waals surface area contributed by atoms with Crippen molar-refractivity contribution in [3.05, 3.63) is 71.0 Å². The van der Waals surface area contributed by atoms with Gasteiger partial charge in [0.15, 0.2) is 0 Å². The Bertz CT molecular complexity index is 932. The van der Waals surface area contributed by atoms with Gasteiger partial charge in [-0.15, -0.1) is 0 Å². The SMILES string of the molecule is CCc1ccc2c(F)c(-c3cc(F)c(C#N)c(F)c3)ccc2c1. The molecule has 114 valence electrons. The second-order valence-electron chi connectivity index (χ2n) is 5.26. The minimum atomic E-state index is -0.997. The highest BCUT2D eigenvalue weighted by Gasteiger charge is 2.15. The maximum absolute atomic E-state index is 14.7. The minimum absolute atomic E-state index is 0.0676. The summed E-state index contributed by atoms with van der Waals surface area (Å²) in [6.45, 7) is 2.01. The van der Waals surface area contributed by atoms with Crippen LogP contribution in [-0.2, 0) is 6.42 Å². The van der Waals surface area contributed by atoms with Crippen molar-refractivity contribution >= 4 is 10.8 Å². The van der Waals surface area contributed by atoms with E-state index in [1.54, 1.807) is 12.1 Å². The number of hydrogen-bond donors (Lipinski definition) is 0. The highest BCUT2D eigenvalue weighted by atomic mass is 19.1. The third kappa shape index (κ3) is 2.55. The van der Waals surface area contributed by atoms with Crippen LogP contribution < -0.4 is 0 Å². The zero-order valence-corrected chi connectivity index (χ0v) is 12.3. The number of rotatable bonds is 2. The number of nitriles is 1. The van der Waals surface area contributed by atoms with E-state index in [9.17, 15) is 13.2 Å². The number of benzene rings is 3. The van der Waals surface area contributed by atoms with E-state index in [0.29, 0.717) is 5.39 Å². The van der Waals surface area contributed by atoms with E-state index in [-0.39, 0.29) is 11.1 Å². The first-order chi connectivity index (χ1) is 11.0. The maximum atomic E-state index is 14.7. The number of hydrogen-bond acceptors (Lipinski definition) is 1. The number of fused-ring (bicyclic) bond motifs is 1. The Morgan fingerprint density at radius 3 is 2.26 bits per heavy atom. The fourth-order valence-electron chi connectivity index (χ4n) is 2.62. The van der Waals surface area contributed by atoms with Crippen molar-refractivity contribution in [2.45, 2.75) is 13.3 Å². The topological polar surface area (TPSA) is 23.8 Å². The second-order valence-corrected chi connectivity index (χ2v) is 5.26. The molecular weight excluding hydrogens is 299 g/mol. The summed E-state index contributed by atoms with van der Waals surface area (Å²) >= 11 is 0.